The number of benzene rings is 1. The largest absolute Gasteiger partial charge is 0.393 e. The Hall–Kier alpha value is -0.820. The molecule has 1 fully saturated rings. The Bertz CT molecular complexity index is 379. The molecule has 1 heteroatoms. The van der Waals surface area contributed by atoms with Crippen LogP contribution in [-0.2, 0) is 6.42 Å². The second-order valence-corrected chi connectivity index (χ2v) is 5.51. The summed E-state index contributed by atoms with van der Waals surface area (Å²) in [6.45, 7) is 2.21. The van der Waals surface area contributed by atoms with Crippen molar-refractivity contribution in [3.8, 4) is 0 Å². The van der Waals surface area contributed by atoms with Crippen LogP contribution in [0.5, 0.6) is 0 Å². The molecule has 1 N–H and O–H groups in total. The van der Waals surface area contributed by atoms with Crippen LogP contribution in [0.1, 0.15) is 43.2 Å². The maximum Gasteiger partial charge on any atom is 0.0599 e. The minimum atomic E-state index is -0.0872. The molecule has 0 aromatic heterocycles. The zero-order chi connectivity index (χ0) is 10.5. The zero-order valence-corrected chi connectivity index (χ0v) is 9.24. The smallest absolute Gasteiger partial charge is 0.0599 e. The highest BCUT2D eigenvalue weighted by molar-refractivity contribution is 5.40. The number of rotatable bonds is 3. The molecular weight excluding hydrogens is 184 g/mol. The molecule has 2 aliphatic carbocycles. The fraction of sp³-hybridized carbons (Fsp3) is 0.571. The fourth-order valence-electron chi connectivity index (χ4n) is 2.66. The standard InChI is InChI=1S/C14H18O/c1-14(6-7-14)13(15)9-11-8-10-4-2-3-5-12(10)11/h2-5,11,13,15H,6-9H2,1H3. The lowest BCUT2D eigenvalue weighted by Crippen LogP contribution is -2.27. The van der Waals surface area contributed by atoms with Crippen molar-refractivity contribution in [3.63, 3.8) is 0 Å². The Morgan fingerprint density at radius 2 is 2.13 bits per heavy atom. The third-order valence-electron chi connectivity index (χ3n) is 4.31. The van der Waals surface area contributed by atoms with E-state index in [1.165, 1.54) is 30.4 Å². The van der Waals surface area contributed by atoms with Crippen LogP contribution in [0.3, 0.4) is 0 Å². The van der Waals surface area contributed by atoms with E-state index in [-0.39, 0.29) is 11.5 Å². The molecule has 0 amide bonds. The molecule has 1 aromatic carbocycles. The first-order chi connectivity index (χ1) is 7.19. The van der Waals surface area contributed by atoms with Gasteiger partial charge in [-0.1, -0.05) is 31.2 Å². The summed E-state index contributed by atoms with van der Waals surface area (Å²) in [6, 6.07) is 8.63. The molecule has 0 saturated heterocycles. The van der Waals surface area contributed by atoms with Crippen molar-refractivity contribution >= 4 is 0 Å². The van der Waals surface area contributed by atoms with Crippen LogP contribution >= 0.6 is 0 Å². The summed E-state index contributed by atoms with van der Waals surface area (Å²) < 4.78 is 0. The van der Waals surface area contributed by atoms with Crippen molar-refractivity contribution in [3.05, 3.63) is 35.4 Å². The lowest BCUT2D eigenvalue weighted by atomic mass is 9.73. The van der Waals surface area contributed by atoms with Gasteiger partial charge in [-0.2, -0.15) is 0 Å². The molecule has 2 aliphatic rings. The first-order valence-electron chi connectivity index (χ1n) is 5.95. The van der Waals surface area contributed by atoms with Gasteiger partial charge in [0, 0.05) is 0 Å². The number of aliphatic hydroxyl groups is 1. The molecule has 1 aromatic rings. The predicted molar refractivity (Wildman–Crippen MR) is 60.9 cm³/mol. The van der Waals surface area contributed by atoms with Crippen LogP contribution in [0.15, 0.2) is 24.3 Å². The molecule has 0 aliphatic heterocycles. The average molecular weight is 202 g/mol. The first kappa shape index (κ1) is 9.41. The number of hydrogen-bond donors (Lipinski definition) is 1. The molecule has 1 nitrogen and oxygen atoms in total. The first-order valence-corrected chi connectivity index (χ1v) is 5.95. The van der Waals surface area contributed by atoms with Crippen LogP contribution in [0.25, 0.3) is 0 Å². The SMILES string of the molecule is CC1(C(O)CC2Cc3ccccc32)CC1. The van der Waals surface area contributed by atoms with Crippen LogP contribution in [0.4, 0.5) is 0 Å². The molecule has 0 radical (unpaired) electrons. The maximum atomic E-state index is 10.1. The summed E-state index contributed by atoms with van der Waals surface area (Å²) in [5.41, 5.74) is 3.21. The van der Waals surface area contributed by atoms with Gasteiger partial charge in [0.05, 0.1) is 6.10 Å². The summed E-state index contributed by atoms with van der Waals surface area (Å²) in [7, 11) is 0. The average Bonchev–Trinajstić information content (AvgIpc) is 2.94. The van der Waals surface area contributed by atoms with E-state index in [9.17, 15) is 5.11 Å². The van der Waals surface area contributed by atoms with Crippen molar-refractivity contribution in [1.29, 1.82) is 0 Å². The number of hydrogen-bond acceptors (Lipinski definition) is 1. The van der Waals surface area contributed by atoms with Crippen molar-refractivity contribution in [2.75, 3.05) is 0 Å². The Morgan fingerprint density at radius 1 is 1.40 bits per heavy atom. The van der Waals surface area contributed by atoms with Gasteiger partial charge in [-0.15, -0.1) is 0 Å². The molecule has 15 heavy (non-hydrogen) atoms. The minimum Gasteiger partial charge on any atom is -0.393 e. The summed E-state index contributed by atoms with van der Waals surface area (Å²) >= 11 is 0. The molecule has 80 valence electrons. The van der Waals surface area contributed by atoms with Gasteiger partial charge in [-0.05, 0) is 48.1 Å². The second kappa shape index (κ2) is 3.08. The third kappa shape index (κ3) is 1.50. The molecule has 0 spiro atoms. The van der Waals surface area contributed by atoms with Crippen molar-refractivity contribution in [2.45, 2.75) is 44.6 Å². The van der Waals surface area contributed by atoms with Gasteiger partial charge in [-0.3, -0.25) is 0 Å². The van der Waals surface area contributed by atoms with E-state index in [1.807, 2.05) is 0 Å². The van der Waals surface area contributed by atoms with Gasteiger partial charge in [0.25, 0.3) is 0 Å². The summed E-state index contributed by atoms with van der Waals surface area (Å²) in [6.07, 6.45) is 4.47. The van der Waals surface area contributed by atoms with E-state index in [1.54, 1.807) is 0 Å². The lowest BCUT2D eigenvalue weighted by Gasteiger charge is -2.33. The zero-order valence-electron chi connectivity index (χ0n) is 9.24. The van der Waals surface area contributed by atoms with Crippen LogP contribution < -0.4 is 0 Å². The Kier molecular flexibility index (Phi) is 1.93. The Morgan fingerprint density at radius 3 is 2.80 bits per heavy atom. The van der Waals surface area contributed by atoms with Gasteiger partial charge in [0.15, 0.2) is 0 Å². The highest BCUT2D eigenvalue weighted by Crippen LogP contribution is 2.51. The third-order valence-corrected chi connectivity index (χ3v) is 4.31. The molecule has 0 bridgehead atoms. The monoisotopic (exact) mass is 202 g/mol. The van der Waals surface area contributed by atoms with Crippen molar-refractivity contribution in [1.82, 2.24) is 0 Å². The summed E-state index contributed by atoms with van der Waals surface area (Å²) in [5.74, 6) is 0.619. The number of fused-ring (bicyclic) bond motifs is 1. The molecule has 1 saturated carbocycles. The Balaban J connectivity index is 1.68. The fourth-order valence-corrected chi connectivity index (χ4v) is 2.66. The Labute approximate surface area is 91.1 Å². The molecule has 3 rings (SSSR count). The van der Waals surface area contributed by atoms with E-state index >= 15 is 0 Å². The van der Waals surface area contributed by atoms with E-state index in [4.69, 9.17) is 0 Å². The summed E-state index contributed by atoms with van der Waals surface area (Å²) in [5, 5.41) is 10.1. The van der Waals surface area contributed by atoms with Gasteiger partial charge in [0.2, 0.25) is 0 Å². The van der Waals surface area contributed by atoms with Crippen LogP contribution in [0, 0.1) is 5.41 Å². The molecule has 2 atom stereocenters. The highest BCUT2D eigenvalue weighted by atomic mass is 16.3. The highest BCUT2D eigenvalue weighted by Gasteiger charge is 2.45. The van der Waals surface area contributed by atoms with E-state index in [0.29, 0.717) is 5.92 Å². The van der Waals surface area contributed by atoms with Gasteiger partial charge >= 0.3 is 0 Å². The van der Waals surface area contributed by atoms with Gasteiger partial charge in [0.1, 0.15) is 0 Å². The van der Waals surface area contributed by atoms with Crippen LogP contribution in [0.2, 0.25) is 0 Å². The quantitative estimate of drug-likeness (QED) is 0.799. The topological polar surface area (TPSA) is 20.2 Å². The summed E-state index contributed by atoms with van der Waals surface area (Å²) in [4.78, 5) is 0. The molecule has 0 heterocycles. The molecule has 2 unspecified atom stereocenters. The van der Waals surface area contributed by atoms with Crippen LogP contribution in [-0.4, -0.2) is 11.2 Å². The predicted octanol–water partition coefficient (Wildman–Crippen LogP) is 2.88. The molecular formula is C14H18O. The normalized spacial score (nSPS) is 27.7. The van der Waals surface area contributed by atoms with Crippen molar-refractivity contribution in [2.24, 2.45) is 5.41 Å². The number of aliphatic hydroxyl groups excluding tert-OH is 1. The van der Waals surface area contributed by atoms with Crippen molar-refractivity contribution < 1.29 is 5.11 Å². The van der Waals surface area contributed by atoms with E-state index < -0.39 is 0 Å². The minimum absolute atomic E-state index is 0.0872. The maximum absolute atomic E-state index is 10.1. The second-order valence-electron chi connectivity index (χ2n) is 5.51. The van der Waals surface area contributed by atoms with E-state index in [2.05, 4.69) is 31.2 Å². The van der Waals surface area contributed by atoms with Gasteiger partial charge in [-0.25, -0.2) is 0 Å². The van der Waals surface area contributed by atoms with Gasteiger partial charge < -0.3 is 5.11 Å². The van der Waals surface area contributed by atoms with E-state index in [0.717, 1.165) is 6.42 Å². The lowest BCUT2D eigenvalue weighted by molar-refractivity contribution is 0.0841.